The zero-order chi connectivity index (χ0) is 33.5. The summed E-state index contributed by atoms with van der Waals surface area (Å²) in [6.45, 7) is 0. The Kier molecular flexibility index (Phi) is 6.10. The number of aromatic nitrogens is 3. The van der Waals surface area contributed by atoms with E-state index in [2.05, 4.69) is 168 Å². The maximum atomic E-state index is 6.44. The summed E-state index contributed by atoms with van der Waals surface area (Å²) < 4.78 is 14.1. The van der Waals surface area contributed by atoms with Gasteiger partial charge >= 0.3 is 298 Å². The molecule has 0 saturated carbocycles. The van der Waals surface area contributed by atoms with Gasteiger partial charge in [0.2, 0.25) is 0 Å². The summed E-state index contributed by atoms with van der Waals surface area (Å²) in [4.78, 5) is 11.3. The number of benzene rings is 7. The summed E-state index contributed by atoms with van der Waals surface area (Å²) in [6.07, 6.45) is 0. The van der Waals surface area contributed by atoms with Gasteiger partial charge in [0.05, 0.1) is 0 Å². The van der Waals surface area contributed by atoms with Crippen molar-refractivity contribution < 1.29 is 4.42 Å². The zero-order valence-corrected chi connectivity index (χ0v) is 29.6. The predicted octanol–water partition coefficient (Wildman–Crippen LogP) is 8.50. The minimum absolute atomic E-state index is 0.656. The van der Waals surface area contributed by atoms with Crippen LogP contribution in [0, 0.1) is 0 Å². The molecule has 5 heteroatoms. The van der Waals surface area contributed by atoms with Crippen LogP contribution in [0.25, 0.3) is 72.2 Å². The molecule has 51 heavy (non-hydrogen) atoms. The van der Waals surface area contributed by atoms with E-state index in [1.165, 1.54) is 23.1 Å². The Balaban J connectivity index is 1.30. The molecule has 0 saturated heterocycles. The molecular formula is C46H29GeN3O. The molecule has 11 rings (SSSR count). The first-order valence-corrected chi connectivity index (χ1v) is 21.5. The molecule has 4 heterocycles. The summed E-state index contributed by atoms with van der Waals surface area (Å²) in [5.41, 5.74) is 8.13. The quantitative estimate of drug-likeness (QED) is 0.172. The molecule has 1 aliphatic heterocycles. The van der Waals surface area contributed by atoms with Crippen molar-refractivity contribution in [2.45, 2.75) is 0 Å². The summed E-state index contributed by atoms with van der Waals surface area (Å²) in [5.74, 6) is 0.656. The molecule has 0 amide bonds. The van der Waals surface area contributed by atoms with Crippen molar-refractivity contribution >= 4 is 74.6 Å². The molecule has 0 aliphatic carbocycles. The summed E-state index contributed by atoms with van der Waals surface area (Å²) in [6, 6.07) is 63.2. The van der Waals surface area contributed by atoms with E-state index in [1.54, 1.807) is 0 Å². The van der Waals surface area contributed by atoms with Gasteiger partial charge in [0.1, 0.15) is 0 Å². The second kappa shape index (κ2) is 10.9. The van der Waals surface area contributed by atoms with E-state index in [1.807, 2.05) is 12.1 Å². The molecule has 0 unspecified atom stereocenters. The standard InChI is InChI=1S/C46H29GeN3O/c1-4-16-30(17-5-1)44-43-45(35-24-10-13-25-38(35)47(43,31-18-6-2-7-19-31)32-20-8-3-9-21-32)49-46(48-44)50-39-26-14-11-22-33(39)36-28-37-34-23-12-15-27-41(34)51-42(37)29-40(36)50/h1-29H. The first-order chi connectivity index (χ1) is 25.3. The molecule has 3 aromatic heterocycles. The van der Waals surface area contributed by atoms with Crippen LogP contribution < -0.4 is 17.6 Å². The number of hydrogen-bond acceptors (Lipinski definition) is 3. The molecule has 4 nitrogen and oxygen atoms in total. The number of furan rings is 1. The van der Waals surface area contributed by atoms with Gasteiger partial charge in [-0.15, -0.1) is 0 Å². The molecule has 0 fully saturated rings. The van der Waals surface area contributed by atoms with Gasteiger partial charge in [-0.1, -0.05) is 0 Å². The number of para-hydroxylation sites is 2. The van der Waals surface area contributed by atoms with Crippen molar-refractivity contribution in [1.29, 1.82) is 0 Å². The first kappa shape index (κ1) is 28.6. The fourth-order valence-electron chi connectivity index (χ4n) is 8.60. The van der Waals surface area contributed by atoms with E-state index in [9.17, 15) is 0 Å². The average molecular weight is 712 g/mol. The van der Waals surface area contributed by atoms with Crippen molar-refractivity contribution in [3.63, 3.8) is 0 Å². The van der Waals surface area contributed by atoms with Crippen LogP contribution in [0.5, 0.6) is 0 Å². The Morgan fingerprint density at radius 1 is 0.451 bits per heavy atom. The van der Waals surface area contributed by atoms with E-state index >= 15 is 0 Å². The van der Waals surface area contributed by atoms with Crippen LogP contribution in [0.3, 0.4) is 0 Å². The molecule has 10 aromatic rings. The predicted molar refractivity (Wildman–Crippen MR) is 212 cm³/mol. The second-order valence-corrected chi connectivity index (χ2v) is 21.1. The van der Waals surface area contributed by atoms with Crippen molar-refractivity contribution in [2.24, 2.45) is 0 Å². The van der Waals surface area contributed by atoms with Crippen LogP contribution in [0.2, 0.25) is 0 Å². The summed E-state index contributed by atoms with van der Waals surface area (Å²) >= 11 is -3.65. The maximum absolute atomic E-state index is 6.44. The molecule has 0 N–H and O–H groups in total. The van der Waals surface area contributed by atoms with Crippen molar-refractivity contribution in [3.8, 4) is 28.5 Å². The van der Waals surface area contributed by atoms with Crippen LogP contribution in [-0.4, -0.2) is 27.8 Å². The van der Waals surface area contributed by atoms with Gasteiger partial charge in [0, 0.05) is 0 Å². The van der Waals surface area contributed by atoms with E-state index < -0.39 is 13.3 Å². The third kappa shape index (κ3) is 3.96. The number of fused-ring (bicyclic) bond motifs is 9. The molecule has 238 valence electrons. The number of rotatable bonds is 4. The van der Waals surface area contributed by atoms with Gasteiger partial charge in [-0.3, -0.25) is 0 Å². The van der Waals surface area contributed by atoms with Gasteiger partial charge in [0.15, 0.2) is 0 Å². The third-order valence-corrected chi connectivity index (χ3v) is 20.9. The summed E-state index contributed by atoms with van der Waals surface area (Å²) in [5, 5.41) is 4.54. The second-order valence-electron chi connectivity index (χ2n) is 13.3. The Bertz CT molecular complexity index is 2930. The van der Waals surface area contributed by atoms with Gasteiger partial charge in [-0.2, -0.15) is 0 Å². The van der Waals surface area contributed by atoms with Crippen molar-refractivity contribution in [2.75, 3.05) is 0 Å². The fraction of sp³-hybridized carbons (Fsp3) is 0. The van der Waals surface area contributed by atoms with Crippen LogP contribution >= 0.6 is 0 Å². The Labute approximate surface area is 296 Å². The SMILES string of the molecule is c1ccc(-c2nc(-n3c4ccccc4c4cc5c(cc43)oc3ccccc35)nc3[c]2[Ge]([c]2ccccc2)([c]2ccccc2)[c]2ccccc2-3)cc1. The topological polar surface area (TPSA) is 43.9 Å². The van der Waals surface area contributed by atoms with Crippen molar-refractivity contribution in [1.82, 2.24) is 14.5 Å². The first-order valence-electron chi connectivity index (χ1n) is 17.3. The Hall–Kier alpha value is -6.24. The van der Waals surface area contributed by atoms with Gasteiger partial charge in [-0.05, 0) is 0 Å². The van der Waals surface area contributed by atoms with Crippen molar-refractivity contribution in [3.05, 3.63) is 176 Å². The third-order valence-electron chi connectivity index (χ3n) is 10.7. The molecule has 0 atom stereocenters. The zero-order valence-electron chi connectivity index (χ0n) is 27.5. The minimum atomic E-state index is -3.65. The van der Waals surface area contributed by atoms with Crippen LogP contribution in [0.4, 0.5) is 0 Å². The van der Waals surface area contributed by atoms with E-state index in [-0.39, 0.29) is 0 Å². The number of nitrogens with zero attached hydrogens (tertiary/aromatic N) is 3. The van der Waals surface area contributed by atoms with E-state index in [4.69, 9.17) is 14.4 Å². The van der Waals surface area contributed by atoms with Crippen LogP contribution in [-0.2, 0) is 0 Å². The van der Waals surface area contributed by atoms with E-state index in [0.717, 1.165) is 60.7 Å². The van der Waals surface area contributed by atoms with Crippen LogP contribution in [0.1, 0.15) is 0 Å². The summed E-state index contributed by atoms with van der Waals surface area (Å²) in [7, 11) is 0. The fourth-order valence-corrected chi connectivity index (χ4v) is 19.6. The van der Waals surface area contributed by atoms with Gasteiger partial charge in [-0.25, -0.2) is 0 Å². The Morgan fingerprint density at radius 3 is 1.82 bits per heavy atom. The Morgan fingerprint density at radius 2 is 1.06 bits per heavy atom. The normalized spacial score (nSPS) is 13.3. The van der Waals surface area contributed by atoms with Gasteiger partial charge in [0.25, 0.3) is 0 Å². The van der Waals surface area contributed by atoms with Gasteiger partial charge < -0.3 is 0 Å². The molecule has 1 aliphatic rings. The molecule has 0 bridgehead atoms. The van der Waals surface area contributed by atoms with E-state index in [0.29, 0.717) is 5.95 Å². The van der Waals surface area contributed by atoms with Crippen LogP contribution in [0.15, 0.2) is 180 Å². The monoisotopic (exact) mass is 713 g/mol. The molecule has 0 radical (unpaired) electrons. The molecule has 7 aromatic carbocycles. The number of hydrogen-bond donors (Lipinski definition) is 0. The average Bonchev–Trinajstić information content (AvgIpc) is 3.83. The molecule has 0 spiro atoms. The molecular weight excluding hydrogens is 683 g/mol.